The summed E-state index contributed by atoms with van der Waals surface area (Å²) in [4.78, 5) is 4.31. The van der Waals surface area contributed by atoms with Gasteiger partial charge in [-0.15, -0.1) is 0 Å². The first kappa shape index (κ1) is 9.50. The molecule has 2 rings (SSSR count). The van der Waals surface area contributed by atoms with Crippen LogP contribution in [-0.2, 0) is 6.42 Å². The smallest absolute Gasteiger partial charge is 0.141 e. The second kappa shape index (κ2) is 3.26. The monoisotopic (exact) mass is 191 g/mol. The maximum Gasteiger partial charge on any atom is 0.141 e. The van der Waals surface area contributed by atoms with E-state index >= 15 is 0 Å². The Morgan fingerprint density at radius 3 is 2.93 bits per heavy atom. The molecule has 0 N–H and O–H groups in total. The van der Waals surface area contributed by atoms with Gasteiger partial charge in [0.2, 0.25) is 0 Å². The van der Waals surface area contributed by atoms with Gasteiger partial charge in [-0.1, -0.05) is 20.8 Å². The van der Waals surface area contributed by atoms with E-state index in [1.54, 1.807) is 0 Å². The number of hydrogen-bond donors (Lipinski definition) is 0. The average Bonchev–Trinajstić information content (AvgIpc) is 2.16. The van der Waals surface area contributed by atoms with Crippen LogP contribution in [0.2, 0.25) is 0 Å². The van der Waals surface area contributed by atoms with Gasteiger partial charge < -0.3 is 4.74 Å². The molecule has 1 aromatic rings. The minimum absolute atomic E-state index is 0.216. The van der Waals surface area contributed by atoms with Crippen molar-refractivity contribution in [3.63, 3.8) is 0 Å². The fraction of sp³-hybridized carbons (Fsp3) is 0.583. The lowest BCUT2D eigenvalue weighted by atomic mass is 9.84. The predicted molar refractivity (Wildman–Crippen MR) is 56.4 cm³/mol. The zero-order valence-electron chi connectivity index (χ0n) is 9.08. The van der Waals surface area contributed by atoms with Crippen LogP contribution in [0, 0.1) is 5.41 Å². The van der Waals surface area contributed by atoms with Crippen molar-refractivity contribution in [2.45, 2.75) is 39.7 Å². The van der Waals surface area contributed by atoms with E-state index in [2.05, 4.69) is 25.8 Å². The number of aryl methyl sites for hydroxylation is 1. The molecule has 0 fully saturated rings. The van der Waals surface area contributed by atoms with Gasteiger partial charge in [0.25, 0.3) is 0 Å². The summed E-state index contributed by atoms with van der Waals surface area (Å²) in [6, 6.07) is 3.95. The molecule has 2 heterocycles. The van der Waals surface area contributed by atoms with Crippen molar-refractivity contribution < 1.29 is 4.74 Å². The zero-order chi connectivity index (χ0) is 10.2. The number of nitrogens with zero attached hydrogens (tertiary/aromatic N) is 1. The molecule has 0 saturated carbocycles. The van der Waals surface area contributed by atoms with E-state index in [0.717, 1.165) is 24.3 Å². The highest BCUT2D eigenvalue weighted by atomic mass is 16.5. The molecular formula is C12H17NO. The normalized spacial score (nSPS) is 21.2. The molecule has 0 amide bonds. The van der Waals surface area contributed by atoms with Crippen molar-refractivity contribution in [3.8, 4) is 5.75 Å². The molecule has 0 spiro atoms. The summed E-state index contributed by atoms with van der Waals surface area (Å²) >= 11 is 0. The molecule has 1 aliphatic heterocycles. The van der Waals surface area contributed by atoms with Gasteiger partial charge in [-0.05, 0) is 30.4 Å². The van der Waals surface area contributed by atoms with Crippen LogP contribution in [0.1, 0.15) is 32.9 Å². The van der Waals surface area contributed by atoms with E-state index in [4.69, 9.17) is 4.74 Å². The third-order valence-electron chi connectivity index (χ3n) is 2.73. The van der Waals surface area contributed by atoms with E-state index in [0.29, 0.717) is 6.10 Å². The van der Waals surface area contributed by atoms with Gasteiger partial charge in [-0.3, -0.25) is 4.98 Å². The highest BCUT2D eigenvalue weighted by Gasteiger charge is 2.30. The van der Waals surface area contributed by atoms with E-state index in [1.165, 1.54) is 0 Å². The number of aromatic nitrogens is 1. The van der Waals surface area contributed by atoms with Crippen molar-refractivity contribution in [2.24, 2.45) is 5.41 Å². The molecule has 0 bridgehead atoms. The summed E-state index contributed by atoms with van der Waals surface area (Å²) in [5, 5.41) is 0. The zero-order valence-corrected chi connectivity index (χ0v) is 9.08. The fourth-order valence-corrected chi connectivity index (χ4v) is 1.81. The van der Waals surface area contributed by atoms with E-state index < -0.39 is 0 Å². The molecule has 14 heavy (non-hydrogen) atoms. The quantitative estimate of drug-likeness (QED) is 0.629. The summed E-state index contributed by atoms with van der Waals surface area (Å²) in [6.45, 7) is 6.66. The van der Waals surface area contributed by atoms with Gasteiger partial charge in [0.1, 0.15) is 11.9 Å². The number of pyridine rings is 1. The summed E-state index contributed by atoms with van der Waals surface area (Å²) < 4.78 is 5.93. The second-order valence-electron chi connectivity index (χ2n) is 4.96. The van der Waals surface area contributed by atoms with Crippen molar-refractivity contribution in [2.75, 3.05) is 0 Å². The third kappa shape index (κ3) is 1.74. The van der Waals surface area contributed by atoms with Crippen molar-refractivity contribution in [1.82, 2.24) is 4.98 Å². The Labute approximate surface area is 85.3 Å². The van der Waals surface area contributed by atoms with Crippen LogP contribution in [0.5, 0.6) is 5.75 Å². The van der Waals surface area contributed by atoms with Crippen LogP contribution in [0.25, 0.3) is 0 Å². The highest BCUT2D eigenvalue weighted by molar-refractivity contribution is 5.29. The lowest BCUT2D eigenvalue weighted by Crippen LogP contribution is -2.35. The molecule has 2 nitrogen and oxygen atoms in total. The Hall–Kier alpha value is -1.05. The Bertz CT molecular complexity index is 327. The number of rotatable bonds is 0. The molecule has 0 aromatic carbocycles. The van der Waals surface area contributed by atoms with Crippen LogP contribution >= 0.6 is 0 Å². The lowest BCUT2D eigenvalue weighted by molar-refractivity contribution is 0.0662. The van der Waals surface area contributed by atoms with E-state index in [1.807, 2.05) is 18.3 Å². The Morgan fingerprint density at radius 1 is 1.43 bits per heavy atom. The first-order chi connectivity index (χ1) is 6.57. The van der Waals surface area contributed by atoms with Crippen molar-refractivity contribution >= 4 is 0 Å². The van der Waals surface area contributed by atoms with Crippen LogP contribution in [0.3, 0.4) is 0 Å². The molecule has 0 radical (unpaired) electrons. The number of fused-ring (bicyclic) bond motifs is 1. The van der Waals surface area contributed by atoms with Gasteiger partial charge in [0.15, 0.2) is 0 Å². The van der Waals surface area contributed by atoms with Gasteiger partial charge in [-0.2, -0.15) is 0 Å². The molecule has 1 aliphatic rings. The Morgan fingerprint density at radius 2 is 2.21 bits per heavy atom. The topological polar surface area (TPSA) is 22.1 Å². The maximum absolute atomic E-state index is 5.93. The van der Waals surface area contributed by atoms with E-state index in [9.17, 15) is 0 Å². The van der Waals surface area contributed by atoms with Crippen LogP contribution in [0.15, 0.2) is 18.3 Å². The van der Waals surface area contributed by atoms with Crippen LogP contribution < -0.4 is 4.74 Å². The molecule has 2 heteroatoms. The van der Waals surface area contributed by atoms with Crippen molar-refractivity contribution in [3.05, 3.63) is 24.0 Å². The van der Waals surface area contributed by atoms with Crippen LogP contribution in [0.4, 0.5) is 0 Å². The first-order valence-electron chi connectivity index (χ1n) is 5.18. The maximum atomic E-state index is 5.93. The van der Waals surface area contributed by atoms with E-state index in [-0.39, 0.29) is 5.41 Å². The molecule has 76 valence electrons. The molecule has 1 atom stereocenters. The Kier molecular flexibility index (Phi) is 2.22. The number of ether oxygens (including phenoxy) is 1. The largest absolute Gasteiger partial charge is 0.488 e. The summed E-state index contributed by atoms with van der Waals surface area (Å²) in [6.07, 6.45) is 4.27. The minimum Gasteiger partial charge on any atom is -0.488 e. The van der Waals surface area contributed by atoms with Gasteiger partial charge >= 0.3 is 0 Å². The first-order valence-corrected chi connectivity index (χ1v) is 5.18. The van der Waals surface area contributed by atoms with Crippen LogP contribution in [-0.4, -0.2) is 11.1 Å². The SMILES string of the molecule is CC(C)(C)C1CCc2ncccc2O1. The molecule has 1 unspecified atom stereocenters. The summed E-state index contributed by atoms with van der Waals surface area (Å²) in [7, 11) is 0. The minimum atomic E-state index is 0.216. The molecule has 0 aliphatic carbocycles. The summed E-state index contributed by atoms with van der Waals surface area (Å²) in [5.74, 6) is 0.971. The third-order valence-corrected chi connectivity index (χ3v) is 2.73. The fourth-order valence-electron chi connectivity index (χ4n) is 1.81. The predicted octanol–water partition coefficient (Wildman–Crippen LogP) is 2.82. The molecule has 0 saturated heterocycles. The Balaban J connectivity index is 2.22. The lowest BCUT2D eigenvalue weighted by Gasteiger charge is -2.34. The van der Waals surface area contributed by atoms with Crippen molar-refractivity contribution in [1.29, 1.82) is 0 Å². The van der Waals surface area contributed by atoms with Gasteiger partial charge in [0, 0.05) is 6.20 Å². The number of hydrogen-bond acceptors (Lipinski definition) is 2. The summed E-state index contributed by atoms with van der Waals surface area (Å²) in [5.41, 5.74) is 1.32. The highest BCUT2D eigenvalue weighted by Crippen LogP contribution is 2.33. The standard InChI is InChI=1S/C12H17NO/c1-12(2,3)11-7-6-9-10(14-11)5-4-8-13-9/h4-5,8,11H,6-7H2,1-3H3. The second-order valence-corrected chi connectivity index (χ2v) is 4.96. The molecular weight excluding hydrogens is 174 g/mol. The van der Waals surface area contributed by atoms with Gasteiger partial charge in [0.05, 0.1) is 5.69 Å². The molecule has 1 aromatic heterocycles. The average molecular weight is 191 g/mol. The van der Waals surface area contributed by atoms with Gasteiger partial charge in [-0.25, -0.2) is 0 Å².